The molecule has 2 heterocycles. The third-order valence-electron chi connectivity index (χ3n) is 5.74. The smallest absolute Gasteiger partial charge is 0.267 e. The molecule has 0 bridgehead atoms. The van der Waals surface area contributed by atoms with Crippen LogP contribution in [0.25, 0.3) is 11.3 Å². The number of aromatic nitrogens is 2. The zero-order chi connectivity index (χ0) is 17.4. The molecule has 4 rings (SSSR count). The standard InChI is InChI=1S/C21H27N3O/c1-15(2)24-21(25)9-8-20(22-24)18-7-6-16-10-12-23(19-4-3-5-19)13-11-17(16)14-18/h6-9,14-15,19H,3-5,10-13H2,1-2H3. The van der Waals surface area contributed by atoms with E-state index >= 15 is 0 Å². The summed E-state index contributed by atoms with van der Waals surface area (Å²) in [5.41, 5.74) is 4.89. The summed E-state index contributed by atoms with van der Waals surface area (Å²) < 4.78 is 1.57. The fourth-order valence-corrected chi connectivity index (χ4v) is 3.97. The number of hydrogen-bond donors (Lipinski definition) is 0. The van der Waals surface area contributed by atoms with E-state index in [9.17, 15) is 4.79 Å². The first-order valence-corrected chi connectivity index (χ1v) is 9.58. The van der Waals surface area contributed by atoms with Gasteiger partial charge >= 0.3 is 0 Å². The lowest BCUT2D eigenvalue weighted by atomic mass is 9.91. The molecule has 0 amide bonds. The minimum absolute atomic E-state index is 0.0374. The molecule has 1 aliphatic heterocycles. The van der Waals surface area contributed by atoms with Gasteiger partial charge in [-0.15, -0.1) is 0 Å². The zero-order valence-corrected chi connectivity index (χ0v) is 15.2. The molecule has 0 N–H and O–H groups in total. The van der Waals surface area contributed by atoms with Crippen LogP contribution in [0.3, 0.4) is 0 Å². The van der Waals surface area contributed by atoms with Gasteiger partial charge in [-0.05, 0) is 62.8 Å². The van der Waals surface area contributed by atoms with E-state index in [4.69, 9.17) is 0 Å². The van der Waals surface area contributed by atoms with Crippen molar-refractivity contribution in [3.05, 3.63) is 51.8 Å². The molecule has 132 valence electrons. The Hall–Kier alpha value is -1.94. The average Bonchev–Trinajstić information content (AvgIpc) is 2.76. The summed E-state index contributed by atoms with van der Waals surface area (Å²) in [4.78, 5) is 14.6. The van der Waals surface area contributed by atoms with Crippen LogP contribution >= 0.6 is 0 Å². The summed E-state index contributed by atoms with van der Waals surface area (Å²) in [7, 11) is 0. The van der Waals surface area contributed by atoms with E-state index in [0.717, 1.165) is 30.1 Å². The van der Waals surface area contributed by atoms with Crippen LogP contribution in [0.5, 0.6) is 0 Å². The lowest BCUT2D eigenvalue weighted by Gasteiger charge is -2.36. The van der Waals surface area contributed by atoms with E-state index in [1.54, 1.807) is 10.7 Å². The van der Waals surface area contributed by atoms with Crippen molar-refractivity contribution in [3.63, 3.8) is 0 Å². The maximum atomic E-state index is 12.0. The van der Waals surface area contributed by atoms with Gasteiger partial charge in [0.25, 0.3) is 5.56 Å². The molecule has 1 aromatic carbocycles. The molecule has 4 heteroatoms. The van der Waals surface area contributed by atoms with Crippen LogP contribution in [0.1, 0.15) is 50.3 Å². The van der Waals surface area contributed by atoms with Crippen molar-refractivity contribution in [1.82, 2.24) is 14.7 Å². The fourth-order valence-electron chi connectivity index (χ4n) is 3.97. The van der Waals surface area contributed by atoms with Crippen molar-refractivity contribution in [2.75, 3.05) is 13.1 Å². The summed E-state index contributed by atoms with van der Waals surface area (Å²) in [6.07, 6.45) is 6.41. The zero-order valence-electron chi connectivity index (χ0n) is 15.2. The van der Waals surface area contributed by atoms with Crippen molar-refractivity contribution in [1.29, 1.82) is 0 Å². The number of nitrogens with zero attached hydrogens (tertiary/aromatic N) is 3. The summed E-state index contributed by atoms with van der Waals surface area (Å²) in [5.74, 6) is 0. The van der Waals surface area contributed by atoms with Crippen molar-refractivity contribution in [3.8, 4) is 11.3 Å². The van der Waals surface area contributed by atoms with Crippen molar-refractivity contribution < 1.29 is 0 Å². The molecule has 2 aromatic rings. The molecule has 0 saturated heterocycles. The Bertz CT molecular complexity index is 820. The Kier molecular flexibility index (Phi) is 4.46. The average molecular weight is 337 g/mol. The van der Waals surface area contributed by atoms with Gasteiger partial charge < -0.3 is 0 Å². The molecule has 1 fully saturated rings. The highest BCUT2D eigenvalue weighted by Crippen LogP contribution is 2.29. The van der Waals surface area contributed by atoms with E-state index < -0.39 is 0 Å². The SMILES string of the molecule is CC(C)n1nc(-c2ccc3c(c2)CCN(C2CCC2)CC3)ccc1=O. The lowest BCUT2D eigenvalue weighted by molar-refractivity contribution is 0.133. The van der Waals surface area contributed by atoms with E-state index in [-0.39, 0.29) is 11.6 Å². The minimum Gasteiger partial charge on any atom is -0.300 e. The second-order valence-corrected chi connectivity index (χ2v) is 7.70. The van der Waals surface area contributed by atoms with Crippen LogP contribution in [0.2, 0.25) is 0 Å². The second kappa shape index (κ2) is 6.75. The monoisotopic (exact) mass is 337 g/mol. The number of fused-ring (bicyclic) bond motifs is 1. The molecule has 2 aliphatic rings. The van der Waals surface area contributed by atoms with E-state index in [1.165, 1.54) is 43.5 Å². The van der Waals surface area contributed by atoms with Gasteiger partial charge in [-0.3, -0.25) is 9.69 Å². The normalized spacial score (nSPS) is 18.7. The van der Waals surface area contributed by atoms with Gasteiger partial charge in [-0.2, -0.15) is 5.10 Å². The van der Waals surface area contributed by atoms with Crippen molar-refractivity contribution in [2.45, 2.75) is 58.0 Å². The van der Waals surface area contributed by atoms with E-state index in [1.807, 2.05) is 19.9 Å². The van der Waals surface area contributed by atoms with E-state index in [2.05, 4.69) is 28.2 Å². The molecular weight excluding hydrogens is 310 g/mol. The Morgan fingerprint density at radius 2 is 1.80 bits per heavy atom. The topological polar surface area (TPSA) is 38.1 Å². The van der Waals surface area contributed by atoms with Crippen molar-refractivity contribution in [2.24, 2.45) is 0 Å². The lowest BCUT2D eigenvalue weighted by Crippen LogP contribution is -2.41. The predicted molar refractivity (Wildman–Crippen MR) is 101 cm³/mol. The first-order chi connectivity index (χ1) is 12.1. The van der Waals surface area contributed by atoms with Crippen LogP contribution in [-0.4, -0.2) is 33.8 Å². The van der Waals surface area contributed by atoms with Crippen LogP contribution in [0.15, 0.2) is 35.1 Å². The molecule has 1 saturated carbocycles. The van der Waals surface area contributed by atoms with Crippen LogP contribution in [0.4, 0.5) is 0 Å². The van der Waals surface area contributed by atoms with Crippen molar-refractivity contribution >= 4 is 0 Å². The third kappa shape index (κ3) is 3.28. The van der Waals surface area contributed by atoms with Gasteiger partial charge in [0, 0.05) is 30.8 Å². The van der Waals surface area contributed by atoms with Gasteiger partial charge in [0.05, 0.1) is 11.7 Å². The van der Waals surface area contributed by atoms with Crippen LogP contribution < -0.4 is 5.56 Å². The van der Waals surface area contributed by atoms with Gasteiger partial charge in [-0.1, -0.05) is 18.6 Å². The first-order valence-electron chi connectivity index (χ1n) is 9.58. The van der Waals surface area contributed by atoms with E-state index in [0.29, 0.717) is 0 Å². The molecule has 0 unspecified atom stereocenters. The highest BCUT2D eigenvalue weighted by atomic mass is 16.1. The Balaban J connectivity index is 1.61. The molecule has 0 spiro atoms. The molecule has 1 aromatic heterocycles. The highest BCUT2D eigenvalue weighted by molar-refractivity contribution is 5.60. The van der Waals surface area contributed by atoms with Gasteiger partial charge in [0.15, 0.2) is 0 Å². The van der Waals surface area contributed by atoms with Crippen LogP contribution in [0, 0.1) is 0 Å². The summed E-state index contributed by atoms with van der Waals surface area (Å²) in [5, 5.41) is 4.57. The Labute approximate surface area is 149 Å². The summed E-state index contributed by atoms with van der Waals surface area (Å²) in [6.45, 7) is 6.34. The van der Waals surface area contributed by atoms with Gasteiger partial charge in [-0.25, -0.2) is 4.68 Å². The fraction of sp³-hybridized carbons (Fsp3) is 0.524. The Morgan fingerprint density at radius 1 is 1.04 bits per heavy atom. The predicted octanol–water partition coefficient (Wildman–Crippen LogP) is 3.44. The first kappa shape index (κ1) is 16.5. The Morgan fingerprint density at radius 3 is 2.48 bits per heavy atom. The maximum absolute atomic E-state index is 12.0. The quantitative estimate of drug-likeness (QED) is 0.861. The minimum atomic E-state index is -0.0374. The maximum Gasteiger partial charge on any atom is 0.267 e. The molecule has 0 radical (unpaired) electrons. The molecule has 0 atom stereocenters. The molecule has 1 aliphatic carbocycles. The largest absolute Gasteiger partial charge is 0.300 e. The number of hydrogen-bond acceptors (Lipinski definition) is 3. The molecule has 4 nitrogen and oxygen atoms in total. The van der Waals surface area contributed by atoms with Gasteiger partial charge in [0.1, 0.15) is 0 Å². The van der Waals surface area contributed by atoms with Gasteiger partial charge in [0.2, 0.25) is 0 Å². The summed E-state index contributed by atoms with van der Waals surface area (Å²) in [6, 6.07) is 11.1. The molecular formula is C21H27N3O. The van der Waals surface area contributed by atoms with Crippen LogP contribution in [-0.2, 0) is 12.8 Å². The molecule has 25 heavy (non-hydrogen) atoms. The number of benzene rings is 1. The highest BCUT2D eigenvalue weighted by Gasteiger charge is 2.26. The second-order valence-electron chi connectivity index (χ2n) is 7.70. The third-order valence-corrected chi connectivity index (χ3v) is 5.74. The number of rotatable bonds is 3. The summed E-state index contributed by atoms with van der Waals surface area (Å²) >= 11 is 0.